The number of rotatable bonds is 0. The van der Waals surface area contributed by atoms with Gasteiger partial charge in [-0.05, 0) is 59.7 Å². The van der Waals surface area contributed by atoms with Crippen LogP contribution in [0.3, 0.4) is 0 Å². The van der Waals surface area contributed by atoms with Crippen molar-refractivity contribution in [2.75, 3.05) is 7.05 Å². The van der Waals surface area contributed by atoms with Crippen molar-refractivity contribution in [1.82, 2.24) is 14.2 Å². The van der Waals surface area contributed by atoms with E-state index in [1.165, 1.54) is 0 Å². The van der Waals surface area contributed by atoms with Gasteiger partial charge in [-0.25, -0.2) is 0 Å². The summed E-state index contributed by atoms with van der Waals surface area (Å²) in [5.74, 6) is 0. The van der Waals surface area contributed by atoms with E-state index in [1.807, 2.05) is 0 Å². The van der Waals surface area contributed by atoms with E-state index in [9.17, 15) is 0 Å². The average molecular weight is 207 g/mol. The molecule has 1 rings (SSSR count). The molecule has 0 amide bonds. The van der Waals surface area contributed by atoms with Crippen LogP contribution in [0, 0.1) is 0 Å². The lowest BCUT2D eigenvalue weighted by Gasteiger charge is -2.49. The molecule has 1 heterocycles. The van der Waals surface area contributed by atoms with Gasteiger partial charge < -0.3 is 14.2 Å². The van der Waals surface area contributed by atoms with Crippen LogP contribution in [0.5, 0.6) is 0 Å². The highest BCUT2D eigenvalue weighted by molar-refractivity contribution is 6.65. The van der Waals surface area contributed by atoms with E-state index in [0.717, 1.165) is 22.6 Å². The highest BCUT2D eigenvalue weighted by atomic mass is 15.3. The van der Waals surface area contributed by atoms with Crippen LogP contribution in [0.4, 0.5) is 0 Å². The van der Waals surface area contributed by atoms with Crippen molar-refractivity contribution in [2.45, 2.75) is 52.6 Å². The van der Waals surface area contributed by atoms with E-state index in [0.29, 0.717) is 0 Å². The predicted molar refractivity (Wildman–Crippen MR) is 72.4 cm³/mol. The summed E-state index contributed by atoms with van der Waals surface area (Å²) >= 11 is 0. The van der Waals surface area contributed by atoms with Crippen molar-refractivity contribution in [1.29, 1.82) is 0 Å². The molecule has 1 fully saturated rings. The number of hydrogen-bond donors (Lipinski definition) is 0. The Labute approximate surface area is 97.0 Å². The Hall–Kier alpha value is 0.0748. The Morgan fingerprint density at radius 3 is 1.27 bits per heavy atom. The van der Waals surface area contributed by atoms with Gasteiger partial charge in [-0.1, -0.05) is 0 Å². The Bertz CT molecular complexity index is 200. The largest absolute Gasteiger partial charge is 0.366 e. The number of nitrogens with zero attached hydrogens (tertiary/aromatic N) is 3. The summed E-state index contributed by atoms with van der Waals surface area (Å²) in [6, 6.07) is 0. The van der Waals surface area contributed by atoms with E-state index < -0.39 is 0 Å². The Morgan fingerprint density at radius 2 is 1.00 bits per heavy atom. The van der Waals surface area contributed by atoms with Crippen molar-refractivity contribution >= 4 is 22.6 Å². The molecule has 0 aliphatic carbocycles. The van der Waals surface area contributed by atoms with Gasteiger partial charge in [0.05, 0.1) is 0 Å². The second kappa shape index (κ2) is 4.15. The van der Waals surface area contributed by atoms with E-state index in [1.54, 1.807) is 0 Å². The molecule has 0 aromatic heterocycles. The van der Waals surface area contributed by atoms with Crippen LogP contribution in [0.2, 0.25) is 0 Å². The van der Waals surface area contributed by atoms with Crippen LogP contribution >= 0.6 is 0 Å². The molecule has 0 spiro atoms. The highest BCUT2D eigenvalue weighted by Crippen LogP contribution is 2.19. The SMILES string of the molecule is CN1BN(C(C)(C)C)BN(C(C)(C)C)B1. The van der Waals surface area contributed by atoms with Gasteiger partial charge in [0.2, 0.25) is 0 Å². The first-order valence-electron chi connectivity index (χ1n) is 5.79. The highest BCUT2D eigenvalue weighted by Gasteiger charge is 2.36. The van der Waals surface area contributed by atoms with Gasteiger partial charge in [0.25, 0.3) is 22.6 Å². The van der Waals surface area contributed by atoms with Gasteiger partial charge in [-0.15, -0.1) is 0 Å². The summed E-state index contributed by atoms with van der Waals surface area (Å²) in [5.41, 5.74) is 0.496. The second-order valence-corrected chi connectivity index (χ2v) is 6.70. The van der Waals surface area contributed by atoms with Crippen LogP contribution in [0.25, 0.3) is 0 Å². The van der Waals surface area contributed by atoms with Crippen LogP contribution < -0.4 is 0 Å². The van der Waals surface area contributed by atoms with E-state index in [4.69, 9.17) is 0 Å². The first kappa shape index (κ1) is 13.1. The third-order valence-corrected chi connectivity index (χ3v) is 3.06. The topological polar surface area (TPSA) is 9.72 Å². The Kier molecular flexibility index (Phi) is 3.64. The summed E-state index contributed by atoms with van der Waals surface area (Å²) < 4.78 is 7.41. The molecule has 0 bridgehead atoms. The molecule has 0 unspecified atom stereocenters. The van der Waals surface area contributed by atoms with Gasteiger partial charge in [0.1, 0.15) is 0 Å². The lowest BCUT2D eigenvalue weighted by Crippen LogP contribution is -2.68. The minimum atomic E-state index is 0.248. The molecule has 15 heavy (non-hydrogen) atoms. The maximum absolute atomic E-state index is 2.52. The van der Waals surface area contributed by atoms with Crippen LogP contribution in [-0.2, 0) is 0 Å². The Morgan fingerprint density at radius 1 is 0.667 bits per heavy atom. The van der Waals surface area contributed by atoms with Gasteiger partial charge >= 0.3 is 0 Å². The molecule has 84 valence electrons. The minimum absolute atomic E-state index is 0.248. The normalized spacial score (nSPS) is 21.8. The van der Waals surface area contributed by atoms with Gasteiger partial charge in [-0.3, -0.25) is 0 Å². The fourth-order valence-electron chi connectivity index (χ4n) is 1.77. The number of hydrogen-bond acceptors (Lipinski definition) is 3. The second-order valence-electron chi connectivity index (χ2n) is 6.70. The summed E-state index contributed by atoms with van der Waals surface area (Å²) in [4.78, 5) is 0. The molecular formula is C9H24B3N3. The average Bonchev–Trinajstić information content (AvgIpc) is 1.99. The Balaban J connectivity index is 2.73. The van der Waals surface area contributed by atoms with Gasteiger partial charge in [-0.2, -0.15) is 0 Å². The summed E-state index contributed by atoms with van der Waals surface area (Å²) in [6.45, 7) is 13.7. The minimum Gasteiger partial charge on any atom is -0.366 e. The monoisotopic (exact) mass is 207 g/mol. The van der Waals surface area contributed by atoms with Crippen molar-refractivity contribution < 1.29 is 0 Å². The van der Waals surface area contributed by atoms with Crippen LogP contribution in [-0.4, -0.2) is 54.9 Å². The third-order valence-electron chi connectivity index (χ3n) is 3.06. The maximum atomic E-state index is 2.52. The van der Waals surface area contributed by atoms with Crippen molar-refractivity contribution in [2.24, 2.45) is 0 Å². The van der Waals surface area contributed by atoms with E-state index in [-0.39, 0.29) is 11.1 Å². The molecule has 0 N–H and O–H groups in total. The fourth-order valence-corrected chi connectivity index (χ4v) is 1.77. The predicted octanol–water partition coefficient (Wildman–Crippen LogP) is -0.0677. The standard InChI is InChI=1S/C9H24B3N3/c1-8(2,3)14-10-13(7)11-15(12-14)9(4,5)6/h10-12H,1-7H3. The molecule has 0 saturated carbocycles. The van der Waals surface area contributed by atoms with Gasteiger partial charge in [0.15, 0.2) is 0 Å². The molecule has 1 aliphatic rings. The molecule has 0 aromatic carbocycles. The molecule has 0 atom stereocenters. The zero-order chi connectivity index (χ0) is 11.9. The zero-order valence-corrected chi connectivity index (χ0v) is 11.5. The summed E-state index contributed by atoms with van der Waals surface area (Å²) in [6.07, 6.45) is 0. The first-order valence-corrected chi connectivity index (χ1v) is 5.79. The quantitative estimate of drug-likeness (QED) is 0.514. The lowest BCUT2D eigenvalue weighted by molar-refractivity contribution is 0.289. The molecule has 1 aliphatic heterocycles. The molecule has 1 saturated heterocycles. The summed E-state index contributed by atoms with van der Waals surface area (Å²) in [5, 5.41) is 0. The third kappa shape index (κ3) is 3.54. The van der Waals surface area contributed by atoms with E-state index in [2.05, 4.69) is 62.8 Å². The van der Waals surface area contributed by atoms with Crippen molar-refractivity contribution in [3.63, 3.8) is 0 Å². The van der Waals surface area contributed by atoms with Crippen LogP contribution in [0.15, 0.2) is 0 Å². The molecular weight excluding hydrogens is 183 g/mol. The molecule has 3 nitrogen and oxygen atoms in total. The first-order chi connectivity index (χ1) is 6.60. The van der Waals surface area contributed by atoms with Crippen molar-refractivity contribution in [3.05, 3.63) is 0 Å². The summed E-state index contributed by atoms with van der Waals surface area (Å²) in [7, 11) is 5.39. The molecule has 0 radical (unpaired) electrons. The van der Waals surface area contributed by atoms with Crippen LogP contribution in [0.1, 0.15) is 41.5 Å². The fraction of sp³-hybridized carbons (Fsp3) is 1.00. The molecule has 0 aromatic rings. The zero-order valence-electron chi connectivity index (χ0n) is 11.5. The van der Waals surface area contributed by atoms with E-state index >= 15 is 0 Å². The van der Waals surface area contributed by atoms with Crippen molar-refractivity contribution in [3.8, 4) is 0 Å². The van der Waals surface area contributed by atoms with Gasteiger partial charge in [0, 0.05) is 0 Å². The lowest BCUT2D eigenvalue weighted by atomic mass is 9.68. The smallest absolute Gasteiger partial charge is 0.271 e. The maximum Gasteiger partial charge on any atom is 0.271 e. The molecule has 6 heteroatoms.